The van der Waals surface area contributed by atoms with Gasteiger partial charge in [-0.25, -0.2) is 9.97 Å². The molecule has 2 aromatic heterocycles. The van der Waals surface area contributed by atoms with Crippen LogP contribution >= 0.6 is 11.9 Å². The molecule has 0 saturated carbocycles. The molecule has 0 saturated heterocycles. The summed E-state index contributed by atoms with van der Waals surface area (Å²) in [4.78, 5) is 24.4. The molecule has 0 aliphatic heterocycles. The van der Waals surface area contributed by atoms with Crippen molar-refractivity contribution in [2.24, 2.45) is 0 Å². The first-order valence-electron chi connectivity index (χ1n) is 9.24. The zero-order chi connectivity index (χ0) is 25.1. The van der Waals surface area contributed by atoms with Crippen LogP contribution in [0.2, 0.25) is 0 Å². The van der Waals surface area contributed by atoms with E-state index in [1.807, 2.05) is 0 Å². The normalized spacial score (nSPS) is 12.8. The summed E-state index contributed by atoms with van der Waals surface area (Å²) < 4.78 is 81.5. The van der Waals surface area contributed by atoms with E-state index in [0.29, 0.717) is 17.8 Å². The number of nitrogens with one attached hydrogen (secondary N) is 1. The molecule has 1 aromatic carbocycles. The molecule has 3 rings (SSSR count). The summed E-state index contributed by atoms with van der Waals surface area (Å²) >= 11 is 0.772. The summed E-state index contributed by atoms with van der Waals surface area (Å²) in [5.41, 5.74) is -3.54. The number of nitrogens with zero attached hydrogens (tertiary/aromatic N) is 6. The first-order valence-corrected chi connectivity index (χ1v) is 10.2. The molecule has 0 bridgehead atoms. The molecule has 0 aliphatic rings. The molecule has 1 N–H and O–H groups in total. The van der Waals surface area contributed by atoms with Gasteiger partial charge in [0.1, 0.15) is 12.4 Å². The van der Waals surface area contributed by atoms with Crippen LogP contribution in [0.15, 0.2) is 36.9 Å². The SMILES string of the molecule is CC(CSNC(=O)c1cc(C(F)(F)F)cc(C(F)(F)F)c1)c1nccnc1-n1cnc(C#N)n1. The Morgan fingerprint density at radius 3 is 2.26 bits per heavy atom. The summed E-state index contributed by atoms with van der Waals surface area (Å²) in [5, 5.41) is 12.8. The number of rotatable bonds is 6. The van der Waals surface area contributed by atoms with E-state index in [0.717, 1.165) is 11.9 Å². The molecule has 0 aliphatic carbocycles. The van der Waals surface area contributed by atoms with Gasteiger partial charge in [-0.2, -0.15) is 36.3 Å². The Kier molecular flexibility index (Phi) is 7.10. The molecule has 2 heterocycles. The fourth-order valence-electron chi connectivity index (χ4n) is 2.74. The monoisotopic (exact) mass is 501 g/mol. The van der Waals surface area contributed by atoms with Crippen molar-refractivity contribution in [3.8, 4) is 11.9 Å². The van der Waals surface area contributed by atoms with E-state index >= 15 is 0 Å². The van der Waals surface area contributed by atoms with Crippen LogP contribution in [0.3, 0.4) is 0 Å². The van der Waals surface area contributed by atoms with Gasteiger partial charge in [0, 0.05) is 29.6 Å². The first-order chi connectivity index (χ1) is 15.9. The maximum Gasteiger partial charge on any atom is 0.416 e. The first kappa shape index (κ1) is 25.0. The maximum atomic E-state index is 13.0. The highest BCUT2D eigenvalue weighted by Gasteiger charge is 2.37. The minimum Gasteiger partial charge on any atom is -0.296 e. The number of hydrogen-bond donors (Lipinski definition) is 1. The van der Waals surface area contributed by atoms with Crippen LogP contribution < -0.4 is 4.72 Å². The molecule has 15 heteroatoms. The van der Waals surface area contributed by atoms with Crippen molar-refractivity contribution in [3.63, 3.8) is 0 Å². The number of amides is 1. The van der Waals surface area contributed by atoms with Crippen LogP contribution in [0.1, 0.15) is 45.8 Å². The fourth-order valence-corrected chi connectivity index (χ4v) is 3.48. The molecule has 34 heavy (non-hydrogen) atoms. The van der Waals surface area contributed by atoms with E-state index in [4.69, 9.17) is 5.26 Å². The topological polar surface area (TPSA) is 109 Å². The molecular weight excluding hydrogens is 488 g/mol. The zero-order valence-electron chi connectivity index (χ0n) is 17.0. The minimum atomic E-state index is -5.06. The van der Waals surface area contributed by atoms with E-state index in [9.17, 15) is 31.1 Å². The van der Waals surface area contributed by atoms with Crippen molar-refractivity contribution in [3.05, 3.63) is 65.1 Å². The highest BCUT2D eigenvalue weighted by atomic mass is 32.2. The smallest absolute Gasteiger partial charge is 0.296 e. The quantitative estimate of drug-likeness (QED) is 0.399. The van der Waals surface area contributed by atoms with Crippen LogP contribution in [-0.4, -0.2) is 36.4 Å². The lowest BCUT2D eigenvalue weighted by Gasteiger charge is -2.15. The summed E-state index contributed by atoms with van der Waals surface area (Å²) in [6.07, 6.45) is -6.07. The summed E-state index contributed by atoms with van der Waals surface area (Å²) in [6.45, 7) is 1.71. The number of carbonyl (C=O) groups is 1. The molecule has 8 nitrogen and oxygen atoms in total. The number of carbonyl (C=O) groups excluding carboxylic acids is 1. The van der Waals surface area contributed by atoms with Crippen LogP contribution in [0.25, 0.3) is 5.82 Å². The average Bonchev–Trinajstić information content (AvgIpc) is 3.26. The maximum absolute atomic E-state index is 13.0. The van der Waals surface area contributed by atoms with Gasteiger partial charge in [0.05, 0.1) is 16.8 Å². The summed E-state index contributed by atoms with van der Waals surface area (Å²) in [5.74, 6) is -1.20. The predicted octanol–water partition coefficient (Wildman–Crippen LogP) is 4.15. The molecule has 178 valence electrons. The van der Waals surface area contributed by atoms with Crippen LogP contribution in [0, 0.1) is 11.3 Å². The minimum absolute atomic E-state index is 0.0521. The Balaban J connectivity index is 1.73. The second kappa shape index (κ2) is 9.67. The van der Waals surface area contributed by atoms with Gasteiger partial charge in [-0.3, -0.25) is 14.5 Å². The van der Waals surface area contributed by atoms with Crippen molar-refractivity contribution in [1.29, 1.82) is 5.26 Å². The lowest BCUT2D eigenvalue weighted by atomic mass is 10.0. The van der Waals surface area contributed by atoms with Crippen molar-refractivity contribution in [1.82, 2.24) is 29.5 Å². The van der Waals surface area contributed by atoms with Crippen LogP contribution in [-0.2, 0) is 12.4 Å². The van der Waals surface area contributed by atoms with Gasteiger partial charge >= 0.3 is 12.4 Å². The van der Waals surface area contributed by atoms with Crippen molar-refractivity contribution in [2.45, 2.75) is 25.2 Å². The molecule has 0 radical (unpaired) electrons. The van der Waals surface area contributed by atoms with Crippen molar-refractivity contribution < 1.29 is 31.1 Å². The number of nitriles is 1. The third-order valence-electron chi connectivity index (χ3n) is 4.33. The van der Waals surface area contributed by atoms with E-state index in [-0.39, 0.29) is 23.5 Å². The fraction of sp³-hybridized carbons (Fsp3) is 0.263. The third-order valence-corrected chi connectivity index (χ3v) is 5.33. The predicted molar refractivity (Wildman–Crippen MR) is 106 cm³/mol. The summed E-state index contributed by atoms with van der Waals surface area (Å²) in [7, 11) is 0. The Bertz CT molecular complexity index is 1200. The number of hydrogen-bond acceptors (Lipinski definition) is 7. The van der Waals surface area contributed by atoms with Gasteiger partial charge in [0.25, 0.3) is 11.7 Å². The van der Waals surface area contributed by atoms with Gasteiger partial charge < -0.3 is 0 Å². The van der Waals surface area contributed by atoms with E-state index in [1.165, 1.54) is 23.4 Å². The Morgan fingerprint density at radius 2 is 1.71 bits per heavy atom. The van der Waals surface area contributed by atoms with E-state index < -0.39 is 40.9 Å². The Hall–Kier alpha value is -3.67. The van der Waals surface area contributed by atoms with Gasteiger partial charge in [0.2, 0.25) is 0 Å². The zero-order valence-corrected chi connectivity index (χ0v) is 17.8. The molecule has 1 atom stereocenters. The average molecular weight is 501 g/mol. The lowest BCUT2D eigenvalue weighted by molar-refractivity contribution is -0.143. The lowest BCUT2D eigenvalue weighted by Crippen LogP contribution is -2.20. The van der Waals surface area contributed by atoms with E-state index in [2.05, 4.69) is 24.8 Å². The van der Waals surface area contributed by atoms with Gasteiger partial charge in [-0.15, -0.1) is 5.10 Å². The molecule has 0 spiro atoms. The molecule has 0 fully saturated rings. The number of halogens is 6. The molecule has 1 amide bonds. The van der Waals surface area contributed by atoms with Gasteiger partial charge in [-0.05, 0) is 30.1 Å². The highest BCUT2D eigenvalue weighted by molar-refractivity contribution is 7.97. The van der Waals surface area contributed by atoms with Gasteiger partial charge in [0.15, 0.2) is 5.82 Å². The van der Waals surface area contributed by atoms with Crippen molar-refractivity contribution >= 4 is 17.9 Å². The summed E-state index contributed by atoms with van der Waals surface area (Å²) in [6, 6.07) is 2.43. The van der Waals surface area contributed by atoms with Crippen molar-refractivity contribution in [2.75, 3.05) is 5.75 Å². The second-order valence-corrected chi connectivity index (χ2v) is 7.65. The van der Waals surface area contributed by atoms with Gasteiger partial charge in [-0.1, -0.05) is 6.92 Å². The Labute approximate surface area is 192 Å². The number of aromatic nitrogens is 5. The largest absolute Gasteiger partial charge is 0.416 e. The van der Waals surface area contributed by atoms with Crippen LogP contribution in [0.4, 0.5) is 26.3 Å². The molecule has 1 unspecified atom stereocenters. The Morgan fingerprint density at radius 1 is 1.09 bits per heavy atom. The number of benzene rings is 1. The standard InChI is InChI=1S/C19H13F6N7OS/c1-10(15-16(28-3-2-27-15)32-9-29-14(7-26)30-32)8-34-31-17(33)11-4-12(18(20,21)22)6-13(5-11)19(23,24)25/h2-6,9-10H,8H2,1H3,(H,31,33). The third kappa shape index (κ3) is 5.81. The number of alkyl halides is 6. The second-order valence-electron chi connectivity index (χ2n) is 6.83. The van der Waals surface area contributed by atoms with E-state index in [1.54, 1.807) is 13.0 Å². The highest BCUT2D eigenvalue weighted by Crippen LogP contribution is 2.36. The van der Waals surface area contributed by atoms with Crippen LogP contribution in [0.5, 0.6) is 0 Å². The molecule has 3 aromatic rings. The molecular formula is C19H13F6N7OS.